The van der Waals surface area contributed by atoms with Crippen molar-refractivity contribution in [1.29, 1.82) is 0 Å². The summed E-state index contributed by atoms with van der Waals surface area (Å²) < 4.78 is 30.3. The smallest absolute Gasteiger partial charge is 0.288 e. The van der Waals surface area contributed by atoms with E-state index in [1.807, 2.05) is 0 Å². The van der Waals surface area contributed by atoms with Crippen LogP contribution < -0.4 is 5.73 Å². The minimum Gasteiger partial charge on any atom is -0.378 e. The molecule has 1 aromatic carbocycles. The van der Waals surface area contributed by atoms with Gasteiger partial charge in [0.2, 0.25) is 0 Å². The highest BCUT2D eigenvalue weighted by molar-refractivity contribution is 7.99. The number of likely N-dealkylation sites (tertiary alicyclic amines) is 1. The zero-order valence-corrected chi connectivity index (χ0v) is 13.7. The maximum Gasteiger partial charge on any atom is 0.288 e. The van der Waals surface area contributed by atoms with Crippen LogP contribution in [-0.4, -0.2) is 48.9 Å². The van der Waals surface area contributed by atoms with E-state index in [0.717, 1.165) is 19.3 Å². The number of benzene rings is 1. The molecule has 0 atom stereocenters. The molecule has 1 aliphatic heterocycles. The first-order valence-corrected chi connectivity index (χ1v) is 8.64. The first-order valence-electron chi connectivity index (χ1n) is 7.76. The number of nitrogens with zero attached hydrogens (tertiary/aromatic N) is 1. The van der Waals surface area contributed by atoms with Crippen LogP contribution in [0.2, 0.25) is 0 Å². The topological polar surface area (TPSA) is 55.6 Å². The molecule has 2 N–H and O–H groups in total. The number of hydrogen-bond acceptors (Lipinski definition) is 4. The number of carbonyl (C=O) groups is 1. The molecule has 1 heterocycles. The summed E-state index contributed by atoms with van der Waals surface area (Å²) in [5.74, 6) is -2.51. The molecule has 1 saturated heterocycles. The molecular weight excluding hydrogens is 322 g/mol. The fourth-order valence-corrected chi connectivity index (χ4v) is 3.02. The number of rotatable bonds is 7. The molecule has 1 amide bonds. The SMILES string of the molecule is NCCCOC1CCN(C(=O)c2ccc(SC(F)F)cc2)CC1. The van der Waals surface area contributed by atoms with Crippen molar-refractivity contribution < 1.29 is 18.3 Å². The zero-order chi connectivity index (χ0) is 16.7. The van der Waals surface area contributed by atoms with Crippen LogP contribution >= 0.6 is 11.8 Å². The molecule has 0 aromatic heterocycles. The number of ether oxygens (including phenoxy) is 1. The van der Waals surface area contributed by atoms with E-state index in [4.69, 9.17) is 10.5 Å². The van der Waals surface area contributed by atoms with Gasteiger partial charge in [-0.1, -0.05) is 11.8 Å². The minimum absolute atomic E-state index is 0.0565. The maximum atomic E-state index is 12.4. The van der Waals surface area contributed by atoms with Gasteiger partial charge in [-0.2, -0.15) is 8.78 Å². The van der Waals surface area contributed by atoms with Crippen LogP contribution in [0.1, 0.15) is 29.6 Å². The molecule has 4 nitrogen and oxygen atoms in total. The summed E-state index contributed by atoms with van der Waals surface area (Å²) in [7, 11) is 0. The summed E-state index contributed by atoms with van der Waals surface area (Å²) in [6, 6.07) is 6.34. The molecule has 128 valence electrons. The molecule has 0 spiro atoms. The lowest BCUT2D eigenvalue weighted by Gasteiger charge is -2.32. The van der Waals surface area contributed by atoms with Gasteiger partial charge in [0.1, 0.15) is 0 Å². The Morgan fingerprint density at radius 3 is 2.52 bits per heavy atom. The second-order valence-electron chi connectivity index (χ2n) is 5.41. The number of hydrogen-bond donors (Lipinski definition) is 1. The van der Waals surface area contributed by atoms with E-state index in [9.17, 15) is 13.6 Å². The molecule has 23 heavy (non-hydrogen) atoms. The third-order valence-electron chi connectivity index (χ3n) is 3.76. The van der Waals surface area contributed by atoms with Crippen molar-refractivity contribution in [2.45, 2.75) is 36.0 Å². The van der Waals surface area contributed by atoms with Gasteiger partial charge in [-0.25, -0.2) is 0 Å². The number of halogens is 2. The van der Waals surface area contributed by atoms with Crippen LogP contribution in [0.4, 0.5) is 8.78 Å². The number of carbonyl (C=O) groups excluding carboxylic acids is 1. The standard InChI is InChI=1S/C16H22F2N2O2S/c17-16(18)23-14-4-2-12(3-5-14)15(21)20-9-6-13(7-10-20)22-11-1-8-19/h2-5,13,16H,1,6-11,19H2. The normalized spacial score (nSPS) is 16.1. The highest BCUT2D eigenvalue weighted by Crippen LogP contribution is 2.25. The van der Waals surface area contributed by atoms with E-state index in [1.54, 1.807) is 29.2 Å². The Morgan fingerprint density at radius 2 is 1.96 bits per heavy atom. The third-order valence-corrected chi connectivity index (χ3v) is 4.48. The largest absolute Gasteiger partial charge is 0.378 e. The first kappa shape index (κ1) is 18.2. The number of alkyl halides is 2. The van der Waals surface area contributed by atoms with Gasteiger partial charge in [0.25, 0.3) is 11.7 Å². The maximum absolute atomic E-state index is 12.4. The summed E-state index contributed by atoms with van der Waals surface area (Å²) in [5, 5.41) is 0. The van der Waals surface area contributed by atoms with Gasteiger partial charge in [0.05, 0.1) is 6.10 Å². The molecule has 7 heteroatoms. The van der Waals surface area contributed by atoms with Crippen LogP contribution in [0.15, 0.2) is 29.2 Å². The number of thioether (sulfide) groups is 1. The zero-order valence-electron chi connectivity index (χ0n) is 12.9. The molecule has 0 aliphatic carbocycles. The molecule has 1 fully saturated rings. The predicted octanol–water partition coefficient (Wildman–Crippen LogP) is 2.97. The van der Waals surface area contributed by atoms with E-state index in [0.29, 0.717) is 48.5 Å². The molecule has 0 radical (unpaired) electrons. The van der Waals surface area contributed by atoms with Gasteiger partial charge in [0, 0.05) is 30.2 Å². The molecular formula is C16H22F2N2O2S. The molecule has 2 rings (SSSR count). The Labute approximate surface area is 139 Å². The van der Waals surface area contributed by atoms with Crippen LogP contribution in [0.5, 0.6) is 0 Å². The van der Waals surface area contributed by atoms with Gasteiger partial charge in [-0.3, -0.25) is 4.79 Å². The van der Waals surface area contributed by atoms with Crippen molar-refractivity contribution in [2.24, 2.45) is 5.73 Å². The van der Waals surface area contributed by atoms with Crippen molar-refractivity contribution >= 4 is 17.7 Å². The Kier molecular flexibility index (Phi) is 7.26. The third kappa shape index (κ3) is 5.75. The molecule has 0 saturated carbocycles. The predicted molar refractivity (Wildman–Crippen MR) is 86.9 cm³/mol. The van der Waals surface area contributed by atoms with Crippen molar-refractivity contribution in [2.75, 3.05) is 26.2 Å². The van der Waals surface area contributed by atoms with Gasteiger partial charge < -0.3 is 15.4 Å². The van der Waals surface area contributed by atoms with Gasteiger partial charge in [0.15, 0.2) is 0 Å². The van der Waals surface area contributed by atoms with Crippen molar-refractivity contribution in [3.05, 3.63) is 29.8 Å². The first-order chi connectivity index (χ1) is 11.1. The second-order valence-corrected chi connectivity index (χ2v) is 6.47. The van der Waals surface area contributed by atoms with E-state index in [-0.39, 0.29) is 12.0 Å². The van der Waals surface area contributed by atoms with Crippen molar-refractivity contribution in [3.8, 4) is 0 Å². The Morgan fingerprint density at radius 1 is 1.30 bits per heavy atom. The van der Waals surface area contributed by atoms with Gasteiger partial charge in [-0.15, -0.1) is 0 Å². The lowest BCUT2D eigenvalue weighted by atomic mass is 10.1. The Hall–Kier alpha value is -1.18. The van der Waals surface area contributed by atoms with E-state index in [2.05, 4.69) is 0 Å². The second kappa shape index (κ2) is 9.20. The Bertz CT molecular complexity index is 491. The van der Waals surface area contributed by atoms with Crippen LogP contribution in [-0.2, 0) is 4.74 Å². The highest BCUT2D eigenvalue weighted by atomic mass is 32.2. The summed E-state index contributed by atoms with van der Waals surface area (Å²) in [6.45, 7) is 2.59. The van der Waals surface area contributed by atoms with E-state index < -0.39 is 5.76 Å². The average molecular weight is 344 g/mol. The number of piperidine rings is 1. The fraction of sp³-hybridized carbons (Fsp3) is 0.562. The van der Waals surface area contributed by atoms with Crippen LogP contribution in [0, 0.1) is 0 Å². The van der Waals surface area contributed by atoms with Crippen molar-refractivity contribution in [3.63, 3.8) is 0 Å². The van der Waals surface area contributed by atoms with Gasteiger partial charge in [-0.05, 0) is 50.1 Å². The lowest BCUT2D eigenvalue weighted by molar-refractivity contribution is 0.00844. The van der Waals surface area contributed by atoms with Gasteiger partial charge >= 0.3 is 0 Å². The average Bonchev–Trinajstić information content (AvgIpc) is 2.55. The number of amides is 1. The summed E-state index contributed by atoms with van der Waals surface area (Å²) in [5.41, 5.74) is 5.96. The molecule has 0 unspecified atom stereocenters. The molecule has 1 aromatic rings. The minimum atomic E-state index is -2.45. The van der Waals surface area contributed by atoms with E-state index >= 15 is 0 Å². The number of nitrogens with two attached hydrogens (primary N) is 1. The van der Waals surface area contributed by atoms with Crippen molar-refractivity contribution in [1.82, 2.24) is 4.90 Å². The quantitative estimate of drug-likeness (QED) is 0.610. The summed E-state index contributed by atoms with van der Waals surface area (Å²) in [6.07, 6.45) is 2.67. The Balaban J connectivity index is 1.82. The monoisotopic (exact) mass is 344 g/mol. The summed E-state index contributed by atoms with van der Waals surface area (Å²) >= 11 is 0.480. The highest BCUT2D eigenvalue weighted by Gasteiger charge is 2.24. The lowest BCUT2D eigenvalue weighted by Crippen LogP contribution is -2.41. The van der Waals surface area contributed by atoms with Crippen LogP contribution in [0.25, 0.3) is 0 Å². The fourth-order valence-electron chi connectivity index (χ4n) is 2.52. The van der Waals surface area contributed by atoms with Crippen LogP contribution in [0.3, 0.4) is 0 Å². The molecule has 0 bridgehead atoms. The van der Waals surface area contributed by atoms with E-state index in [1.165, 1.54) is 0 Å². The summed E-state index contributed by atoms with van der Waals surface area (Å²) in [4.78, 5) is 14.7. The molecule has 1 aliphatic rings.